The minimum Gasteiger partial charge on any atom is -0.316 e. The lowest BCUT2D eigenvalue weighted by Crippen LogP contribution is -2.22. The molecule has 1 aliphatic rings. The van der Waals surface area contributed by atoms with Crippen molar-refractivity contribution in [2.45, 2.75) is 44.0 Å². The van der Waals surface area contributed by atoms with Crippen LogP contribution in [0.4, 0.5) is 13.2 Å². The molecule has 0 saturated heterocycles. The van der Waals surface area contributed by atoms with Crippen LogP contribution in [-0.2, 0) is 0 Å². The molecule has 0 amide bonds. The first-order valence-corrected chi connectivity index (χ1v) is 6.98. The predicted octanol–water partition coefficient (Wildman–Crippen LogP) is 3.80. The van der Waals surface area contributed by atoms with Gasteiger partial charge in [0.1, 0.15) is 0 Å². The average molecular weight is 255 g/mol. The molecule has 0 aromatic heterocycles. The van der Waals surface area contributed by atoms with E-state index in [0.29, 0.717) is 6.54 Å². The van der Waals surface area contributed by atoms with Gasteiger partial charge in [0.25, 0.3) is 0 Å². The molecule has 0 atom stereocenters. The van der Waals surface area contributed by atoms with Crippen molar-refractivity contribution in [3.05, 3.63) is 0 Å². The van der Waals surface area contributed by atoms with Crippen molar-refractivity contribution < 1.29 is 13.2 Å². The molecule has 0 aliphatic heterocycles. The van der Waals surface area contributed by atoms with E-state index < -0.39 is 5.51 Å². The van der Waals surface area contributed by atoms with Crippen molar-refractivity contribution in [3.8, 4) is 0 Å². The van der Waals surface area contributed by atoms with E-state index in [-0.39, 0.29) is 17.5 Å². The van der Waals surface area contributed by atoms with Gasteiger partial charge in [0.05, 0.1) is 0 Å². The van der Waals surface area contributed by atoms with Gasteiger partial charge in [0, 0.05) is 12.3 Å². The summed E-state index contributed by atoms with van der Waals surface area (Å²) in [6, 6.07) is 0. The summed E-state index contributed by atoms with van der Waals surface area (Å²) in [7, 11) is 0. The van der Waals surface area contributed by atoms with E-state index >= 15 is 0 Å². The molecule has 0 aromatic rings. The van der Waals surface area contributed by atoms with Crippen LogP contribution in [-0.4, -0.2) is 24.4 Å². The Hall–Kier alpha value is 0.1000. The summed E-state index contributed by atoms with van der Waals surface area (Å²) in [5, 5.41) is 3.08. The highest BCUT2D eigenvalue weighted by atomic mass is 32.2. The molecule has 1 N–H and O–H groups in total. The quantitative estimate of drug-likeness (QED) is 0.724. The van der Waals surface area contributed by atoms with E-state index in [1.54, 1.807) is 0 Å². The van der Waals surface area contributed by atoms with Gasteiger partial charge in [0.2, 0.25) is 0 Å². The Balaban J connectivity index is 1.87. The van der Waals surface area contributed by atoms with Gasteiger partial charge in [-0.1, -0.05) is 32.1 Å². The Morgan fingerprint density at radius 2 is 1.75 bits per heavy atom. The minimum absolute atomic E-state index is 0.0571. The van der Waals surface area contributed by atoms with Crippen LogP contribution in [0.15, 0.2) is 0 Å². The van der Waals surface area contributed by atoms with Crippen LogP contribution in [0.1, 0.15) is 38.5 Å². The van der Waals surface area contributed by atoms with Crippen molar-refractivity contribution in [2.75, 3.05) is 18.8 Å². The van der Waals surface area contributed by atoms with Crippen LogP contribution in [0.5, 0.6) is 0 Å². The maximum atomic E-state index is 11.8. The highest BCUT2D eigenvalue weighted by Crippen LogP contribution is 2.29. The Bertz CT molecular complexity index is 179. The highest BCUT2D eigenvalue weighted by Gasteiger charge is 2.27. The van der Waals surface area contributed by atoms with Crippen LogP contribution in [0.2, 0.25) is 0 Å². The number of thioether (sulfide) groups is 1. The molecule has 0 radical (unpaired) electrons. The highest BCUT2D eigenvalue weighted by molar-refractivity contribution is 8.00. The van der Waals surface area contributed by atoms with Crippen LogP contribution in [0.25, 0.3) is 0 Å². The van der Waals surface area contributed by atoms with Crippen LogP contribution in [0, 0.1) is 5.92 Å². The largest absolute Gasteiger partial charge is 0.441 e. The van der Waals surface area contributed by atoms with Crippen molar-refractivity contribution in [3.63, 3.8) is 0 Å². The monoisotopic (exact) mass is 255 g/mol. The number of alkyl halides is 3. The minimum atomic E-state index is -4.08. The molecular weight excluding hydrogens is 235 g/mol. The summed E-state index contributed by atoms with van der Waals surface area (Å²) in [6.07, 6.45) is 7.74. The molecule has 0 unspecified atom stereocenters. The molecule has 16 heavy (non-hydrogen) atoms. The van der Waals surface area contributed by atoms with Crippen LogP contribution < -0.4 is 5.32 Å². The van der Waals surface area contributed by atoms with Gasteiger partial charge >= 0.3 is 5.51 Å². The summed E-state index contributed by atoms with van der Waals surface area (Å²) in [4.78, 5) is 0. The van der Waals surface area contributed by atoms with Crippen molar-refractivity contribution in [1.82, 2.24) is 5.32 Å². The lowest BCUT2D eigenvalue weighted by molar-refractivity contribution is -0.0327. The molecule has 0 heterocycles. The van der Waals surface area contributed by atoms with Crippen molar-refractivity contribution >= 4 is 11.8 Å². The van der Waals surface area contributed by atoms with Gasteiger partial charge < -0.3 is 5.32 Å². The van der Waals surface area contributed by atoms with Crippen molar-refractivity contribution in [2.24, 2.45) is 5.92 Å². The molecule has 0 aromatic carbocycles. The molecule has 1 nitrogen and oxygen atoms in total. The fraction of sp³-hybridized carbons (Fsp3) is 1.00. The van der Waals surface area contributed by atoms with E-state index in [1.165, 1.54) is 32.1 Å². The van der Waals surface area contributed by atoms with Gasteiger partial charge in [-0.2, -0.15) is 13.2 Å². The second-order valence-electron chi connectivity index (χ2n) is 4.34. The Morgan fingerprint density at radius 1 is 1.06 bits per heavy atom. The zero-order valence-corrected chi connectivity index (χ0v) is 10.3. The third-order valence-corrected chi connectivity index (χ3v) is 3.73. The summed E-state index contributed by atoms with van der Waals surface area (Å²) in [5.74, 6) is 0.922. The average Bonchev–Trinajstić information content (AvgIpc) is 2.23. The third kappa shape index (κ3) is 7.39. The molecule has 1 aliphatic carbocycles. The number of hydrogen-bond acceptors (Lipinski definition) is 2. The molecule has 1 fully saturated rings. The summed E-state index contributed by atoms with van der Waals surface area (Å²) < 4.78 is 35.4. The maximum Gasteiger partial charge on any atom is 0.441 e. The Morgan fingerprint density at radius 3 is 2.38 bits per heavy atom. The molecule has 1 rings (SSSR count). The first-order valence-electron chi connectivity index (χ1n) is 5.99. The Labute approximate surface area is 99.6 Å². The normalized spacial score (nSPS) is 18.9. The second-order valence-corrected chi connectivity index (χ2v) is 5.50. The summed E-state index contributed by atoms with van der Waals surface area (Å²) in [5.41, 5.74) is -4.08. The number of hydrogen-bond donors (Lipinski definition) is 1. The maximum absolute atomic E-state index is 11.8. The van der Waals surface area contributed by atoms with Gasteiger partial charge in [-0.3, -0.25) is 0 Å². The standard InChI is InChI=1S/C11H20F3NS/c12-11(13,14)16-9-8-15-7-6-10-4-2-1-3-5-10/h10,15H,1-9H2. The number of rotatable bonds is 6. The molecular formula is C11H20F3NS. The van der Waals surface area contributed by atoms with Gasteiger partial charge in [-0.25, -0.2) is 0 Å². The van der Waals surface area contributed by atoms with Crippen molar-refractivity contribution in [1.29, 1.82) is 0 Å². The smallest absolute Gasteiger partial charge is 0.316 e. The first kappa shape index (κ1) is 14.2. The van der Waals surface area contributed by atoms with E-state index in [0.717, 1.165) is 18.9 Å². The van der Waals surface area contributed by atoms with Gasteiger partial charge in [-0.05, 0) is 30.6 Å². The Kier molecular flexibility index (Phi) is 6.58. The number of nitrogens with one attached hydrogen (secondary N) is 1. The SMILES string of the molecule is FC(F)(F)SCCNCCC1CCCCC1. The zero-order valence-electron chi connectivity index (χ0n) is 9.48. The molecule has 5 heteroatoms. The third-order valence-electron chi connectivity index (χ3n) is 3.00. The van der Waals surface area contributed by atoms with E-state index in [9.17, 15) is 13.2 Å². The fourth-order valence-corrected chi connectivity index (χ4v) is 2.62. The number of halogens is 3. The topological polar surface area (TPSA) is 12.0 Å². The fourth-order valence-electron chi connectivity index (χ4n) is 2.15. The van der Waals surface area contributed by atoms with E-state index in [4.69, 9.17) is 0 Å². The predicted molar refractivity (Wildman–Crippen MR) is 62.6 cm³/mol. The zero-order chi connectivity index (χ0) is 11.9. The molecule has 0 bridgehead atoms. The lowest BCUT2D eigenvalue weighted by atomic mass is 9.87. The van der Waals surface area contributed by atoms with E-state index in [1.807, 2.05) is 0 Å². The first-order chi connectivity index (χ1) is 7.58. The van der Waals surface area contributed by atoms with Crippen LogP contribution >= 0.6 is 11.8 Å². The van der Waals surface area contributed by atoms with E-state index in [2.05, 4.69) is 5.32 Å². The second kappa shape index (κ2) is 7.43. The van der Waals surface area contributed by atoms with Gasteiger partial charge in [-0.15, -0.1) is 0 Å². The summed E-state index contributed by atoms with van der Waals surface area (Å²) >= 11 is 0.0571. The van der Waals surface area contributed by atoms with Crippen LogP contribution in [0.3, 0.4) is 0 Å². The molecule has 0 spiro atoms. The molecule has 1 saturated carbocycles. The summed E-state index contributed by atoms with van der Waals surface area (Å²) in [6.45, 7) is 1.32. The molecule has 96 valence electrons. The van der Waals surface area contributed by atoms with Gasteiger partial charge in [0.15, 0.2) is 0 Å². The lowest BCUT2D eigenvalue weighted by Gasteiger charge is -2.21.